The molecule has 0 aliphatic carbocycles. The number of amides is 1. The van der Waals surface area contributed by atoms with Crippen LogP contribution < -0.4 is 5.32 Å². The third-order valence-electron chi connectivity index (χ3n) is 3.08. The predicted molar refractivity (Wildman–Crippen MR) is 79.8 cm³/mol. The molecule has 0 spiro atoms. The first-order valence-electron chi connectivity index (χ1n) is 7.19. The van der Waals surface area contributed by atoms with Crippen LogP contribution in [0.15, 0.2) is 36.5 Å². The molecule has 0 fully saturated rings. The second-order valence-electron chi connectivity index (χ2n) is 4.91. The quantitative estimate of drug-likeness (QED) is 0.808. The van der Waals surface area contributed by atoms with Crippen molar-refractivity contribution in [3.63, 3.8) is 0 Å². The molecule has 22 heavy (non-hydrogen) atoms. The number of aliphatic hydroxyl groups is 1. The summed E-state index contributed by atoms with van der Waals surface area (Å²) >= 11 is 0. The van der Waals surface area contributed by atoms with E-state index in [9.17, 15) is 9.90 Å². The van der Waals surface area contributed by atoms with E-state index in [1.54, 1.807) is 10.9 Å². The Morgan fingerprint density at radius 2 is 2.18 bits per heavy atom. The fourth-order valence-corrected chi connectivity index (χ4v) is 1.79. The number of benzene rings is 1. The molecule has 1 amide bonds. The van der Waals surface area contributed by atoms with Gasteiger partial charge in [-0.2, -0.15) is 0 Å². The lowest BCUT2D eigenvalue weighted by molar-refractivity contribution is 0.139. The summed E-state index contributed by atoms with van der Waals surface area (Å²) in [7, 11) is 0. The second kappa shape index (κ2) is 8.14. The van der Waals surface area contributed by atoms with Gasteiger partial charge in [-0.25, -0.2) is 9.48 Å². The number of carbonyl (C=O) groups excluding carboxylic acids is 1. The maximum atomic E-state index is 11.6. The smallest absolute Gasteiger partial charge is 0.407 e. The Morgan fingerprint density at radius 3 is 2.91 bits per heavy atom. The summed E-state index contributed by atoms with van der Waals surface area (Å²) < 4.78 is 6.65. The molecule has 0 radical (unpaired) electrons. The van der Waals surface area contributed by atoms with E-state index in [1.807, 2.05) is 37.3 Å². The van der Waals surface area contributed by atoms with E-state index in [0.717, 1.165) is 5.56 Å². The molecule has 118 valence electrons. The van der Waals surface area contributed by atoms with E-state index in [-0.39, 0.29) is 13.2 Å². The molecule has 2 aromatic rings. The lowest BCUT2D eigenvalue weighted by atomic mass is 10.2. The van der Waals surface area contributed by atoms with Crippen LogP contribution in [0.1, 0.15) is 24.6 Å². The minimum absolute atomic E-state index is 0.224. The zero-order valence-electron chi connectivity index (χ0n) is 12.5. The van der Waals surface area contributed by atoms with E-state index < -0.39 is 12.2 Å². The SMILES string of the molecule is CCC(O)Cn1cc(CNC(=O)OCc2ccccc2)nn1. The number of aliphatic hydroxyl groups excluding tert-OH is 1. The largest absolute Gasteiger partial charge is 0.445 e. The number of nitrogens with zero attached hydrogens (tertiary/aromatic N) is 3. The minimum Gasteiger partial charge on any atom is -0.445 e. The summed E-state index contributed by atoms with van der Waals surface area (Å²) in [4.78, 5) is 11.6. The Hall–Kier alpha value is -2.41. The molecular weight excluding hydrogens is 284 g/mol. The highest BCUT2D eigenvalue weighted by Crippen LogP contribution is 2.01. The van der Waals surface area contributed by atoms with Gasteiger partial charge in [0.2, 0.25) is 0 Å². The number of hydrogen-bond acceptors (Lipinski definition) is 5. The van der Waals surface area contributed by atoms with Crippen molar-refractivity contribution in [2.24, 2.45) is 0 Å². The predicted octanol–water partition coefficient (Wildman–Crippen LogP) is 1.48. The molecule has 1 atom stereocenters. The molecule has 2 N–H and O–H groups in total. The molecule has 0 bridgehead atoms. The van der Waals surface area contributed by atoms with Gasteiger partial charge in [0.25, 0.3) is 0 Å². The molecule has 1 aromatic carbocycles. The normalized spacial score (nSPS) is 11.9. The van der Waals surface area contributed by atoms with Crippen LogP contribution in [0, 0.1) is 0 Å². The van der Waals surface area contributed by atoms with Gasteiger partial charge in [0.15, 0.2) is 0 Å². The zero-order chi connectivity index (χ0) is 15.8. The van der Waals surface area contributed by atoms with Gasteiger partial charge in [0, 0.05) is 0 Å². The van der Waals surface area contributed by atoms with Gasteiger partial charge in [-0.1, -0.05) is 42.5 Å². The molecule has 1 heterocycles. The lowest BCUT2D eigenvalue weighted by Gasteiger charge is -2.06. The van der Waals surface area contributed by atoms with E-state index >= 15 is 0 Å². The highest BCUT2D eigenvalue weighted by atomic mass is 16.5. The summed E-state index contributed by atoms with van der Waals surface area (Å²) in [5, 5.41) is 20.0. The number of ether oxygens (including phenoxy) is 1. The summed E-state index contributed by atoms with van der Waals surface area (Å²) in [6, 6.07) is 9.46. The Balaban J connectivity index is 1.72. The number of alkyl carbamates (subject to hydrolysis) is 1. The van der Waals surface area contributed by atoms with E-state index in [1.165, 1.54) is 0 Å². The highest BCUT2D eigenvalue weighted by molar-refractivity contribution is 5.67. The Bertz CT molecular complexity index is 585. The monoisotopic (exact) mass is 304 g/mol. The first kappa shape index (κ1) is 16.0. The van der Waals surface area contributed by atoms with Gasteiger partial charge in [-0.15, -0.1) is 5.10 Å². The third-order valence-corrected chi connectivity index (χ3v) is 3.08. The molecule has 1 unspecified atom stereocenters. The van der Waals surface area contributed by atoms with Crippen LogP contribution >= 0.6 is 0 Å². The van der Waals surface area contributed by atoms with Crippen molar-refractivity contribution >= 4 is 6.09 Å². The van der Waals surface area contributed by atoms with Crippen molar-refractivity contribution in [1.29, 1.82) is 0 Å². The molecule has 0 aliphatic heterocycles. The average Bonchev–Trinajstić information content (AvgIpc) is 2.99. The van der Waals surface area contributed by atoms with Crippen LogP contribution in [0.3, 0.4) is 0 Å². The number of hydrogen-bond donors (Lipinski definition) is 2. The maximum absolute atomic E-state index is 11.6. The van der Waals surface area contributed by atoms with Crippen LogP contribution in [0.4, 0.5) is 4.79 Å². The molecule has 1 aromatic heterocycles. The molecule has 7 nitrogen and oxygen atoms in total. The number of carbonyl (C=O) groups is 1. The molecular formula is C15H20N4O3. The van der Waals surface area contributed by atoms with Crippen LogP contribution in [0.5, 0.6) is 0 Å². The van der Waals surface area contributed by atoms with Crippen molar-refractivity contribution in [2.75, 3.05) is 0 Å². The van der Waals surface area contributed by atoms with E-state index in [2.05, 4.69) is 15.6 Å². The lowest BCUT2D eigenvalue weighted by Crippen LogP contribution is -2.23. The van der Waals surface area contributed by atoms with Gasteiger partial charge < -0.3 is 15.2 Å². The van der Waals surface area contributed by atoms with Gasteiger partial charge in [-0.3, -0.25) is 0 Å². The second-order valence-corrected chi connectivity index (χ2v) is 4.91. The van der Waals surface area contributed by atoms with Crippen molar-refractivity contribution < 1.29 is 14.6 Å². The van der Waals surface area contributed by atoms with Crippen molar-refractivity contribution in [2.45, 2.75) is 39.1 Å². The number of nitrogens with one attached hydrogen (secondary N) is 1. The van der Waals surface area contributed by atoms with Gasteiger partial charge in [0.1, 0.15) is 12.3 Å². The number of aromatic nitrogens is 3. The molecule has 7 heteroatoms. The molecule has 0 saturated heterocycles. The average molecular weight is 304 g/mol. The van der Waals surface area contributed by atoms with Crippen molar-refractivity contribution in [3.05, 3.63) is 47.8 Å². The fourth-order valence-electron chi connectivity index (χ4n) is 1.79. The Kier molecular flexibility index (Phi) is 5.91. The third kappa shape index (κ3) is 5.17. The molecule has 0 saturated carbocycles. The first-order chi connectivity index (χ1) is 10.7. The van der Waals surface area contributed by atoms with E-state index in [4.69, 9.17) is 4.74 Å². The van der Waals surface area contributed by atoms with E-state index in [0.29, 0.717) is 18.7 Å². The zero-order valence-corrected chi connectivity index (χ0v) is 12.5. The minimum atomic E-state index is -0.507. The fraction of sp³-hybridized carbons (Fsp3) is 0.400. The molecule has 2 rings (SSSR count). The first-order valence-corrected chi connectivity index (χ1v) is 7.19. The summed E-state index contributed by atoms with van der Waals surface area (Å²) in [6.07, 6.45) is 1.39. The van der Waals surface area contributed by atoms with Crippen LogP contribution in [0.2, 0.25) is 0 Å². The van der Waals surface area contributed by atoms with Gasteiger partial charge in [0.05, 0.1) is 25.4 Å². The summed E-state index contributed by atoms with van der Waals surface area (Å²) in [6.45, 7) is 2.74. The van der Waals surface area contributed by atoms with Crippen LogP contribution in [-0.4, -0.2) is 32.3 Å². The van der Waals surface area contributed by atoms with Gasteiger partial charge >= 0.3 is 6.09 Å². The maximum Gasteiger partial charge on any atom is 0.407 e. The van der Waals surface area contributed by atoms with Gasteiger partial charge in [-0.05, 0) is 12.0 Å². The standard InChI is InChI=1S/C15H20N4O3/c1-2-14(20)10-19-9-13(17-18-19)8-16-15(21)22-11-12-6-4-3-5-7-12/h3-7,9,14,20H,2,8,10-11H2,1H3,(H,16,21). The topological polar surface area (TPSA) is 89.3 Å². The van der Waals surface area contributed by atoms with Crippen molar-refractivity contribution in [3.8, 4) is 0 Å². The summed E-state index contributed by atoms with van der Waals surface area (Å²) in [5.41, 5.74) is 1.54. The number of rotatable bonds is 7. The summed E-state index contributed by atoms with van der Waals surface area (Å²) in [5.74, 6) is 0. The Labute approximate surface area is 128 Å². The highest BCUT2D eigenvalue weighted by Gasteiger charge is 2.07. The van der Waals surface area contributed by atoms with Crippen LogP contribution in [0.25, 0.3) is 0 Å². The molecule has 0 aliphatic rings. The Morgan fingerprint density at radius 1 is 1.41 bits per heavy atom. The van der Waals surface area contributed by atoms with Crippen molar-refractivity contribution in [1.82, 2.24) is 20.3 Å². The van der Waals surface area contributed by atoms with Crippen LogP contribution in [-0.2, 0) is 24.4 Å².